The van der Waals surface area contributed by atoms with Gasteiger partial charge in [-0.05, 0) is 38.5 Å². The van der Waals surface area contributed by atoms with Crippen molar-refractivity contribution in [1.29, 1.82) is 21.0 Å². The van der Waals surface area contributed by atoms with Crippen LogP contribution in [0, 0.1) is 80.2 Å². The third kappa shape index (κ3) is 9.81. The largest absolute Gasteiger partial charge is 0.481 e. The van der Waals surface area contributed by atoms with Crippen LogP contribution in [0.15, 0.2) is 0 Å². The molecule has 0 saturated heterocycles. The molecule has 0 radical (unpaired) electrons. The molecule has 0 amide bonds. The van der Waals surface area contributed by atoms with Gasteiger partial charge in [-0.15, -0.1) is 0 Å². The van der Waals surface area contributed by atoms with Crippen molar-refractivity contribution in [3.8, 4) is 35.8 Å². The van der Waals surface area contributed by atoms with Crippen LogP contribution in [-0.2, 0) is 49.0 Å². The normalized spacial score (nSPS) is 20.1. The third-order valence-electron chi connectivity index (χ3n) is 6.93. The van der Waals surface area contributed by atoms with Crippen molar-refractivity contribution in [2.24, 2.45) is 0 Å². The van der Waals surface area contributed by atoms with E-state index >= 15 is 0 Å². The molecule has 1 heterocycles. The van der Waals surface area contributed by atoms with Crippen LogP contribution in [0.4, 0.5) is 26.3 Å². The Kier molecular flexibility index (Phi) is 16.4. The number of aliphatic hydroxyl groups is 2. The highest BCUT2D eigenvalue weighted by Gasteiger charge is 2.39. The molecule has 250 valence electrons. The zero-order valence-corrected chi connectivity index (χ0v) is 27.9. The molecule has 19 heteroatoms. The molecule has 3 aliphatic rings. The number of nitriles is 4. The van der Waals surface area contributed by atoms with Crippen molar-refractivity contribution in [2.75, 3.05) is 0 Å². The summed E-state index contributed by atoms with van der Waals surface area (Å²) in [7, 11) is 3.95. The molecule has 47 heavy (non-hydrogen) atoms. The van der Waals surface area contributed by atoms with Gasteiger partial charge in [-0.3, -0.25) is 0 Å². The Balaban J connectivity index is 0.000000246. The lowest BCUT2D eigenvalue weighted by Crippen LogP contribution is -2.42. The Bertz CT molecular complexity index is 1640. The molecule has 8 nitrogen and oxygen atoms in total. The fourth-order valence-electron chi connectivity index (χ4n) is 4.64. The monoisotopic (exact) mass is 752 g/mol. The third-order valence-corrected chi connectivity index (χ3v) is 11.4. The quantitative estimate of drug-likeness (QED) is 0.276. The summed E-state index contributed by atoms with van der Waals surface area (Å²) >= 11 is 8.89. The minimum atomic E-state index is -1.86. The molecule has 4 atom stereocenters. The zero-order chi connectivity index (χ0) is 35.3. The van der Waals surface area contributed by atoms with Crippen LogP contribution < -0.4 is 9.47 Å². The van der Waals surface area contributed by atoms with E-state index in [2.05, 4.69) is 22.4 Å². The summed E-state index contributed by atoms with van der Waals surface area (Å²) in [5.41, 5.74) is -3.83. The number of hydrogen-bond donors (Lipinski definition) is 2. The Hall–Kier alpha value is -3.40. The fourth-order valence-corrected chi connectivity index (χ4v) is 7.38. The summed E-state index contributed by atoms with van der Waals surface area (Å²) in [6, 6.07) is 5.08. The number of nitrogens with zero attached hydrogens (tertiary/aromatic N) is 4. The second-order valence-corrected chi connectivity index (χ2v) is 15.0. The van der Waals surface area contributed by atoms with E-state index in [1.165, 1.54) is 26.6 Å². The van der Waals surface area contributed by atoms with E-state index in [1.807, 2.05) is 0 Å². The maximum absolute atomic E-state index is 13.8. The highest BCUT2D eigenvalue weighted by atomic mass is 33.3. The van der Waals surface area contributed by atoms with Crippen molar-refractivity contribution < 1.29 is 46.0 Å². The van der Waals surface area contributed by atoms with E-state index < -0.39 is 69.4 Å². The first-order valence-electron chi connectivity index (χ1n) is 13.4. The molecule has 0 bridgehead atoms. The van der Waals surface area contributed by atoms with Crippen LogP contribution in [0.5, 0.6) is 11.5 Å². The van der Waals surface area contributed by atoms with Gasteiger partial charge in [0.1, 0.15) is 58.7 Å². The highest BCUT2D eigenvalue weighted by molar-refractivity contribution is 8.59. The average Bonchev–Trinajstić information content (AvgIpc) is 3.07. The summed E-state index contributed by atoms with van der Waals surface area (Å²) in [6.07, 6.45) is 5.63. The van der Waals surface area contributed by atoms with Crippen LogP contribution in [0.1, 0.15) is 73.6 Å². The molecular weight excluding hydrogens is 731 g/mol. The summed E-state index contributed by atoms with van der Waals surface area (Å²) in [6.45, 7) is 0. The van der Waals surface area contributed by atoms with Crippen molar-refractivity contribution in [2.45, 2.75) is 75.8 Å². The topological polar surface area (TPSA) is 154 Å². The SMILES string of the molecule is N#Cc1c(F)c(F)c(C#N)c(F)c1F.N#Cc1c(F)c(F)c(C#N)c2c1O[C@H]1CCCC[C@@H]1O2.O[C@@H]1CCCC[C@H]1O.S=S=S=S=S. The van der Waals surface area contributed by atoms with Gasteiger partial charge in [0.25, 0.3) is 0 Å². The molecule has 1 aliphatic heterocycles. The first kappa shape index (κ1) is 39.8. The van der Waals surface area contributed by atoms with Crippen molar-refractivity contribution >= 4 is 49.0 Å². The van der Waals surface area contributed by atoms with Crippen molar-refractivity contribution in [3.05, 3.63) is 57.2 Å². The Morgan fingerprint density at radius 3 is 1.04 bits per heavy atom. The van der Waals surface area contributed by atoms with Crippen molar-refractivity contribution in [3.63, 3.8) is 0 Å². The number of halogens is 6. The summed E-state index contributed by atoms with van der Waals surface area (Å²) < 4.78 is 89.8. The minimum absolute atomic E-state index is 0.147. The Labute approximate surface area is 283 Å². The first-order chi connectivity index (χ1) is 22.4. The Morgan fingerprint density at radius 2 is 0.809 bits per heavy atom. The van der Waals surface area contributed by atoms with Crippen molar-refractivity contribution in [1.82, 2.24) is 0 Å². The molecule has 5 rings (SSSR count). The number of fused-ring (bicyclic) bond motifs is 2. The lowest BCUT2D eigenvalue weighted by Gasteiger charge is -2.37. The van der Waals surface area contributed by atoms with Crippen LogP contribution in [0.25, 0.3) is 0 Å². The van der Waals surface area contributed by atoms with Crippen LogP contribution in [0.3, 0.4) is 0 Å². The number of aliphatic hydroxyl groups excluding tert-OH is 2. The standard InChI is InChI=1S/C14H10F2N2O2.C8F4N2.C6H12O2.S5/c15-11-7(5-17)13-14(8(6-18)12(11)16)20-10-4-2-1-3-9(10)19-13;9-5-3(1-13)6(10)8(12)4(2-14)7(5)11;7-5-3-1-2-4-6(5)8;1-3-5-4-2/h9-10H,1-4H2;;5-8H,1-4H2;/t9-,10-;;5-,6-;/m0.1./s1. The molecule has 0 spiro atoms. The molecular formula is C28H22F6N4O4S5. The van der Waals surface area contributed by atoms with Gasteiger partial charge >= 0.3 is 0 Å². The average molecular weight is 753 g/mol. The predicted octanol–water partition coefficient (Wildman–Crippen LogP) is 5.05. The molecule has 2 N–H and O–H groups in total. The van der Waals surface area contributed by atoms with E-state index in [1.54, 1.807) is 12.1 Å². The van der Waals surface area contributed by atoms with E-state index in [0.717, 1.165) is 63.5 Å². The summed E-state index contributed by atoms with van der Waals surface area (Å²) in [4.78, 5) is 0. The minimum Gasteiger partial charge on any atom is -0.481 e. The maximum Gasteiger partial charge on any atom is 0.184 e. The van der Waals surface area contributed by atoms with Gasteiger partial charge in [0.05, 0.1) is 12.2 Å². The molecule has 0 unspecified atom stereocenters. The number of rotatable bonds is 0. The summed E-state index contributed by atoms with van der Waals surface area (Å²) in [5, 5.41) is 52.2. The van der Waals surface area contributed by atoms with Gasteiger partial charge < -0.3 is 19.7 Å². The molecule has 2 aromatic rings. The number of hydrogen-bond acceptors (Lipinski definition) is 10. The van der Waals surface area contributed by atoms with Gasteiger partial charge in [0.2, 0.25) is 0 Å². The second kappa shape index (κ2) is 19.4. The smallest absolute Gasteiger partial charge is 0.184 e. The highest BCUT2D eigenvalue weighted by Crippen LogP contribution is 2.45. The van der Waals surface area contributed by atoms with Crippen LogP contribution in [-0.4, -0.2) is 34.6 Å². The van der Waals surface area contributed by atoms with E-state index in [0.29, 0.717) is 0 Å². The van der Waals surface area contributed by atoms with E-state index in [-0.39, 0.29) is 23.7 Å². The van der Waals surface area contributed by atoms with E-state index in [4.69, 9.17) is 40.7 Å². The molecule has 2 fully saturated rings. The maximum atomic E-state index is 13.8. The number of ether oxygens (including phenoxy) is 2. The van der Waals surface area contributed by atoms with E-state index in [9.17, 15) is 26.3 Å². The van der Waals surface area contributed by atoms with Gasteiger partial charge in [-0.25, -0.2) is 26.3 Å². The molecule has 0 aromatic heterocycles. The molecule has 2 saturated carbocycles. The van der Waals surface area contributed by atoms with Gasteiger partial charge in [0.15, 0.2) is 46.4 Å². The Morgan fingerprint density at radius 1 is 0.532 bits per heavy atom. The lowest BCUT2D eigenvalue weighted by atomic mass is 9.93. The van der Waals surface area contributed by atoms with Gasteiger partial charge in [0, 0.05) is 49.0 Å². The lowest BCUT2D eigenvalue weighted by molar-refractivity contribution is -0.00865. The van der Waals surface area contributed by atoms with Gasteiger partial charge in [-0.1, -0.05) is 12.8 Å². The molecule has 2 aliphatic carbocycles. The summed E-state index contributed by atoms with van der Waals surface area (Å²) in [5.74, 6) is -10.4. The zero-order valence-electron chi connectivity index (χ0n) is 23.8. The van der Waals surface area contributed by atoms with Crippen LogP contribution >= 0.6 is 0 Å². The van der Waals surface area contributed by atoms with Crippen LogP contribution in [0.2, 0.25) is 0 Å². The van der Waals surface area contributed by atoms with Gasteiger partial charge in [-0.2, -0.15) is 21.0 Å². The first-order valence-corrected chi connectivity index (χ1v) is 18.7. The molecule has 2 aromatic carbocycles. The fraction of sp³-hybridized carbons (Fsp3) is 0.429. The predicted molar refractivity (Wildman–Crippen MR) is 166 cm³/mol. The second-order valence-electron chi connectivity index (χ2n) is 9.71. The number of benzene rings is 2.